The van der Waals surface area contributed by atoms with E-state index in [1.807, 2.05) is 55.5 Å². The first-order chi connectivity index (χ1) is 10.8. The van der Waals surface area contributed by atoms with Gasteiger partial charge in [-0.3, -0.25) is 0 Å². The summed E-state index contributed by atoms with van der Waals surface area (Å²) in [6.45, 7) is 3.62. The standard InChI is InChI=1S/C18H23NO3/c1-3-22-18-15(10-7-11-17(18)21-2)12-19-13-16(20)14-8-5-4-6-9-14/h4-11,16,19-20H,3,12-13H2,1-2H3/t16-/m1/s1. The molecule has 0 saturated heterocycles. The van der Waals surface area contributed by atoms with Crippen LogP contribution >= 0.6 is 0 Å². The van der Waals surface area contributed by atoms with E-state index in [4.69, 9.17) is 9.47 Å². The summed E-state index contributed by atoms with van der Waals surface area (Å²) in [7, 11) is 1.63. The van der Waals surface area contributed by atoms with Gasteiger partial charge in [0, 0.05) is 18.7 Å². The molecule has 1 atom stereocenters. The van der Waals surface area contributed by atoms with Gasteiger partial charge in [-0.05, 0) is 18.6 Å². The van der Waals surface area contributed by atoms with Gasteiger partial charge in [0.25, 0.3) is 0 Å². The summed E-state index contributed by atoms with van der Waals surface area (Å²) < 4.78 is 11.0. The van der Waals surface area contributed by atoms with Gasteiger partial charge in [-0.1, -0.05) is 42.5 Å². The zero-order valence-electron chi connectivity index (χ0n) is 13.1. The Morgan fingerprint density at radius 2 is 1.86 bits per heavy atom. The Labute approximate surface area is 131 Å². The van der Waals surface area contributed by atoms with Gasteiger partial charge in [-0.15, -0.1) is 0 Å². The van der Waals surface area contributed by atoms with Crippen LogP contribution in [-0.4, -0.2) is 25.4 Å². The molecule has 0 radical (unpaired) electrons. The van der Waals surface area contributed by atoms with Crippen molar-refractivity contribution in [3.05, 3.63) is 59.7 Å². The monoisotopic (exact) mass is 301 g/mol. The molecule has 118 valence electrons. The third kappa shape index (κ3) is 4.23. The lowest BCUT2D eigenvalue weighted by Crippen LogP contribution is -2.21. The molecule has 22 heavy (non-hydrogen) atoms. The van der Waals surface area contributed by atoms with Crippen LogP contribution in [-0.2, 0) is 6.54 Å². The van der Waals surface area contributed by atoms with E-state index in [-0.39, 0.29) is 0 Å². The average Bonchev–Trinajstić information content (AvgIpc) is 2.57. The Morgan fingerprint density at radius 1 is 1.09 bits per heavy atom. The lowest BCUT2D eigenvalue weighted by Gasteiger charge is -2.16. The molecule has 0 aliphatic heterocycles. The van der Waals surface area contributed by atoms with Crippen LogP contribution in [0.4, 0.5) is 0 Å². The minimum Gasteiger partial charge on any atom is -0.493 e. The third-order valence-electron chi connectivity index (χ3n) is 3.41. The van der Waals surface area contributed by atoms with Crippen molar-refractivity contribution >= 4 is 0 Å². The largest absolute Gasteiger partial charge is 0.493 e. The van der Waals surface area contributed by atoms with Crippen molar-refractivity contribution in [2.24, 2.45) is 0 Å². The van der Waals surface area contributed by atoms with E-state index >= 15 is 0 Å². The predicted octanol–water partition coefficient (Wildman–Crippen LogP) is 2.92. The van der Waals surface area contributed by atoms with Crippen molar-refractivity contribution in [3.8, 4) is 11.5 Å². The summed E-state index contributed by atoms with van der Waals surface area (Å²) in [5.74, 6) is 1.49. The minimum atomic E-state index is -0.526. The SMILES string of the molecule is CCOc1c(CNC[C@@H](O)c2ccccc2)cccc1OC. The average molecular weight is 301 g/mol. The Morgan fingerprint density at radius 3 is 2.55 bits per heavy atom. The highest BCUT2D eigenvalue weighted by Crippen LogP contribution is 2.31. The fraction of sp³-hybridized carbons (Fsp3) is 0.333. The van der Waals surface area contributed by atoms with Crippen molar-refractivity contribution in [1.82, 2.24) is 5.32 Å². The van der Waals surface area contributed by atoms with Gasteiger partial charge in [-0.2, -0.15) is 0 Å². The maximum atomic E-state index is 10.2. The normalized spacial score (nSPS) is 12.0. The van der Waals surface area contributed by atoms with Crippen molar-refractivity contribution in [3.63, 3.8) is 0 Å². The number of aliphatic hydroxyl groups excluding tert-OH is 1. The maximum Gasteiger partial charge on any atom is 0.165 e. The Hall–Kier alpha value is -2.04. The van der Waals surface area contributed by atoms with E-state index in [1.165, 1.54) is 0 Å². The molecule has 0 fully saturated rings. The van der Waals surface area contributed by atoms with Crippen LogP contribution in [0.1, 0.15) is 24.2 Å². The van der Waals surface area contributed by atoms with Crippen molar-refractivity contribution < 1.29 is 14.6 Å². The maximum absolute atomic E-state index is 10.2. The van der Waals surface area contributed by atoms with Gasteiger partial charge < -0.3 is 19.9 Å². The molecular weight excluding hydrogens is 278 g/mol. The summed E-state index contributed by atoms with van der Waals surface area (Å²) in [6.07, 6.45) is -0.526. The van der Waals surface area contributed by atoms with Crippen LogP contribution in [0.5, 0.6) is 11.5 Å². The molecule has 0 aliphatic carbocycles. The highest BCUT2D eigenvalue weighted by Gasteiger charge is 2.11. The van der Waals surface area contributed by atoms with Gasteiger partial charge in [0.2, 0.25) is 0 Å². The molecule has 2 aromatic carbocycles. The van der Waals surface area contributed by atoms with E-state index in [0.29, 0.717) is 19.7 Å². The molecule has 0 saturated carbocycles. The molecule has 0 unspecified atom stereocenters. The molecule has 0 aliphatic rings. The Balaban J connectivity index is 1.97. The summed E-state index contributed by atoms with van der Waals surface area (Å²) in [5, 5.41) is 13.4. The molecule has 0 aromatic heterocycles. The van der Waals surface area contributed by atoms with Crippen LogP contribution in [0, 0.1) is 0 Å². The molecule has 0 bridgehead atoms. The highest BCUT2D eigenvalue weighted by atomic mass is 16.5. The molecule has 2 rings (SSSR count). The summed E-state index contributed by atoms with van der Waals surface area (Å²) in [6, 6.07) is 15.4. The molecule has 2 aromatic rings. The van der Waals surface area contributed by atoms with Crippen LogP contribution in [0.25, 0.3) is 0 Å². The first kappa shape index (κ1) is 16.3. The second-order valence-corrected chi connectivity index (χ2v) is 4.94. The van der Waals surface area contributed by atoms with E-state index in [9.17, 15) is 5.11 Å². The topological polar surface area (TPSA) is 50.7 Å². The quantitative estimate of drug-likeness (QED) is 0.787. The fourth-order valence-electron chi connectivity index (χ4n) is 2.31. The minimum absolute atomic E-state index is 0.479. The van der Waals surface area contributed by atoms with E-state index < -0.39 is 6.10 Å². The molecular formula is C18H23NO3. The highest BCUT2D eigenvalue weighted by molar-refractivity contribution is 5.46. The van der Waals surface area contributed by atoms with Crippen LogP contribution in [0.2, 0.25) is 0 Å². The second-order valence-electron chi connectivity index (χ2n) is 4.94. The van der Waals surface area contributed by atoms with E-state index in [1.54, 1.807) is 7.11 Å². The van der Waals surface area contributed by atoms with Crippen LogP contribution in [0.15, 0.2) is 48.5 Å². The molecule has 0 amide bonds. The molecule has 2 N–H and O–H groups in total. The van der Waals surface area contributed by atoms with Crippen molar-refractivity contribution in [2.75, 3.05) is 20.3 Å². The van der Waals surface area contributed by atoms with Gasteiger partial charge in [-0.25, -0.2) is 0 Å². The van der Waals surface area contributed by atoms with Crippen LogP contribution in [0.3, 0.4) is 0 Å². The second kappa shape index (κ2) is 8.41. The smallest absolute Gasteiger partial charge is 0.165 e. The summed E-state index contributed by atoms with van der Waals surface area (Å²) in [5.41, 5.74) is 1.92. The first-order valence-electron chi connectivity index (χ1n) is 7.48. The number of nitrogens with one attached hydrogen (secondary N) is 1. The lowest BCUT2D eigenvalue weighted by atomic mass is 10.1. The fourth-order valence-corrected chi connectivity index (χ4v) is 2.31. The molecule has 0 spiro atoms. The lowest BCUT2D eigenvalue weighted by molar-refractivity contribution is 0.174. The summed E-state index contributed by atoms with van der Waals surface area (Å²) >= 11 is 0. The Kier molecular flexibility index (Phi) is 6.25. The van der Waals surface area contributed by atoms with Gasteiger partial charge >= 0.3 is 0 Å². The molecule has 0 heterocycles. The Bertz CT molecular complexity index is 572. The van der Waals surface area contributed by atoms with Crippen molar-refractivity contribution in [2.45, 2.75) is 19.6 Å². The molecule has 4 nitrogen and oxygen atoms in total. The number of hydrogen-bond donors (Lipinski definition) is 2. The van der Waals surface area contributed by atoms with Gasteiger partial charge in [0.05, 0.1) is 19.8 Å². The summed E-state index contributed by atoms with van der Waals surface area (Å²) in [4.78, 5) is 0. The van der Waals surface area contributed by atoms with E-state index in [0.717, 1.165) is 22.6 Å². The first-order valence-corrected chi connectivity index (χ1v) is 7.48. The zero-order chi connectivity index (χ0) is 15.8. The number of ether oxygens (including phenoxy) is 2. The number of hydrogen-bond acceptors (Lipinski definition) is 4. The zero-order valence-corrected chi connectivity index (χ0v) is 13.1. The third-order valence-corrected chi connectivity index (χ3v) is 3.41. The molecule has 4 heteroatoms. The number of methoxy groups -OCH3 is 1. The van der Waals surface area contributed by atoms with Crippen molar-refractivity contribution in [1.29, 1.82) is 0 Å². The van der Waals surface area contributed by atoms with Crippen LogP contribution < -0.4 is 14.8 Å². The number of rotatable bonds is 8. The number of aliphatic hydroxyl groups is 1. The van der Waals surface area contributed by atoms with E-state index in [2.05, 4.69) is 5.32 Å². The van der Waals surface area contributed by atoms with Gasteiger partial charge in [0.1, 0.15) is 0 Å². The number of para-hydroxylation sites is 1. The predicted molar refractivity (Wildman–Crippen MR) is 87.3 cm³/mol. The van der Waals surface area contributed by atoms with Gasteiger partial charge in [0.15, 0.2) is 11.5 Å². The number of benzene rings is 2.